The van der Waals surface area contributed by atoms with E-state index in [4.69, 9.17) is 0 Å². The highest BCUT2D eigenvalue weighted by molar-refractivity contribution is 6.10. The van der Waals surface area contributed by atoms with Crippen LogP contribution in [0.3, 0.4) is 0 Å². The van der Waals surface area contributed by atoms with Gasteiger partial charge in [0.2, 0.25) is 0 Å². The number of benzene rings is 10. The third-order valence-electron chi connectivity index (χ3n) is 12.8. The monoisotopic (exact) mass is 776 g/mol. The summed E-state index contributed by atoms with van der Waals surface area (Å²) in [6, 6.07) is 89.1. The zero-order chi connectivity index (χ0) is 40.3. The summed E-state index contributed by atoms with van der Waals surface area (Å²) >= 11 is 0. The van der Waals surface area contributed by atoms with Crippen LogP contribution in [-0.2, 0) is 5.41 Å². The van der Waals surface area contributed by atoms with Crippen LogP contribution in [0.5, 0.6) is 0 Å². The molecule has 11 aromatic rings. The highest BCUT2D eigenvalue weighted by Crippen LogP contribution is 2.59. The fourth-order valence-electron chi connectivity index (χ4n) is 10.2. The Morgan fingerprint density at radius 1 is 0.344 bits per heavy atom. The van der Waals surface area contributed by atoms with Crippen molar-refractivity contribution >= 4 is 49.6 Å². The minimum absolute atomic E-state index is 0.556. The molecule has 0 saturated heterocycles. The lowest BCUT2D eigenvalue weighted by atomic mass is 9.67. The smallest absolute Gasteiger partial charge is 0.0714 e. The summed E-state index contributed by atoms with van der Waals surface area (Å²) in [6.45, 7) is 0. The Bertz CT molecular complexity index is 3350. The lowest BCUT2D eigenvalue weighted by Crippen LogP contribution is -2.28. The molecular weight excluding hydrogens is 737 g/mol. The number of hydrogen-bond acceptors (Lipinski definition) is 1. The molecular formula is C59H40N2. The van der Waals surface area contributed by atoms with Crippen LogP contribution in [0, 0.1) is 0 Å². The molecule has 0 saturated carbocycles. The van der Waals surface area contributed by atoms with Crippen LogP contribution < -0.4 is 4.90 Å². The van der Waals surface area contributed by atoms with Crippen molar-refractivity contribution in [1.29, 1.82) is 0 Å². The Kier molecular flexibility index (Phi) is 8.11. The topological polar surface area (TPSA) is 8.17 Å². The van der Waals surface area contributed by atoms with Crippen molar-refractivity contribution in [3.05, 3.63) is 265 Å². The Morgan fingerprint density at radius 2 is 0.885 bits per heavy atom. The van der Waals surface area contributed by atoms with E-state index in [0.717, 1.165) is 22.7 Å². The number of anilines is 3. The first-order valence-corrected chi connectivity index (χ1v) is 21.1. The summed E-state index contributed by atoms with van der Waals surface area (Å²) in [5, 5.41) is 4.99. The SMILES string of the molecule is c1ccc(-c2ccc(N(c3ccc4c(c3)C(c3ccccc3)(c3ccccc3)c3ccc5ccccc5c3-4)c3ccc4c5ccccc5n(-c5ccccc5)c4c3)cc2)cc1. The molecule has 0 spiro atoms. The van der Waals surface area contributed by atoms with E-state index in [1.54, 1.807) is 0 Å². The van der Waals surface area contributed by atoms with Gasteiger partial charge in [0, 0.05) is 33.5 Å². The van der Waals surface area contributed by atoms with E-state index in [-0.39, 0.29) is 0 Å². The van der Waals surface area contributed by atoms with Crippen LogP contribution in [0.25, 0.3) is 60.5 Å². The van der Waals surface area contributed by atoms with Gasteiger partial charge in [0.1, 0.15) is 0 Å². The largest absolute Gasteiger partial charge is 0.310 e. The van der Waals surface area contributed by atoms with Gasteiger partial charge in [0.15, 0.2) is 0 Å². The second kappa shape index (κ2) is 14.1. The fraction of sp³-hybridized carbons (Fsp3) is 0.0169. The highest BCUT2D eigenvalue weighted by atomic mass is 15.1. The van der Waals surface area contributed by atoms with Crippen molar-refractivity contribution in [3.8, 4) is 27.9 Å². The van der Waals surface area contributed by atoms with E-state index in [1.807, 2.05) is 0 Å². The molecule has 0 bridgehead atoms. The molecule has 0 atom stereocenters. The first kappa shape index (κ1) is 35.0. The van der Waals surface area contributed by atoms with E-state index < -0.39 is 5.41 Å². The van der Waals surface area contributed by atoms with Crippen molar-refractivity contribution in [2.75, 3.05) is 4.90 Å². The number of fused-ring (bicyclic) bond motifs is 8. The van der Waals surface area contributed by atoms with Crippen LogP contribution in [0.2, 0.25) is 0 Å². The van der Waals surface area contributed by atoms with Gasteiger partial charge in [-0.1, -0.05) is 188 Å². The summed E-state index contributed by atoms with van der Waals surface area (Å²) in [4.78, 5) is 2.45. The molecule has 0 fully saturated rings. The number of aromatic nitrogens is 1. The normalized spacial score (nSPS) is 12.7. The second-order valence-corrected chi connectivity index (χ2v) is 16.1. The Morgan fingerprint density at radius 3 is 1.61 bits per heavy atom. The minimum Gasteiger partial charge on any atom is -0.310 e. The van der Waals surface area contributed by atoms with Crippen molar-refractivity contribution in [1.82, 2.24) is 4.57 Å². The quantitative estimate of drug-likeness (QED) is 0.156. The molecule has 286 valence electrons. The highest BCUT2D eigenvalue weighted by Gasteiger charge is 2.47. The molecule has 0 N–H and O–H groups in total. The lowest BCUT2D eigenvalue weighted by Gasteiger charge is -2.35. The molecule has 0 unspecified atom stereocenters. The van der Waals surface area contributed by atoms with Gasteiger partial charge in [0.25, 0.3) is 0 Å². The minimum atomic E-state index is -0.556. The van der Waals surface area contributed by atoms with Gasteiger partial charge in [-0.15, -0.1) is 0 Å². The van der Waals surface area contributed by atoms with Crippen LogP contribution in [0.4, 0.5) is 17.1 Å². The van der Waals surface area contributed by atoms with E-state index in [9.17, 15) is 0 Å². The van der Waals surface area contributed by atoms with Crippen LogP contribution >= 0.6 is 0 Å². The van der Waals surface area contributed by atoms with Gasteiger partial charge >= 0.3 is 0 Å². The number of nitrogens with zero attached hydrogens (tertiary/aromatic N) is 2. The maximum Gasteiger partial charge on any atom is 0.0714 e. The molecule has 10 aromatic carbocycles. The lowest BCUT2D eigenvalue weighted by molar-refractivity contribution is 0.769. The second-order valence-electron chi connectivity index (χ2n) is 16.1. The fourth-order valence-corrected chi connectivity index (χ4v) is 10.2. The number of rotatable bonds is 7. The Hall–Kier alpha value is -7.94. The zero-order valence-corrected chi connectivity index (χ0v) is 33.5. The molecule has 1 aliphatic rings. The third-order valence-corrected chi connectivity index (χ3v) is 12.8. The third kappa shape index (κ3) is 5.43. The summed E-state index contributed by atoms with van der Waals surface area (Å²) in [5.41, 5.74) is 16.3. The molecule has 2 nitrogen and oxygen atoms in total. The van der Waals surface area contributed by atoms with Gasteiger partial charge in [-0.2, -0.15) is 0 Å². The average Bonchev–Trinajstić information content (AvgIpc) is 3.83. The number of hydrogen-bond donors (Lipinski definition) is 0. The zero-order valence-electron chi connectivity index (χ0n) is 33.5. The van der Waals surface area contributed by atoms with Crippen LogP contribution in [-0.4, -0.2) is 4.57 Å². The standard InChI is InChI=1S/C59H40N2/c1-5-17-41(18-6-1)42-29-32-47(33-30-42)60(49-34-36-52-51-27-15-16-28-56(51)61(57(52)40-49)46-24-11-4-12-25-46)48-35-37-53-55(39-48)59(44-20-7-2-8-21-44,45-22-9-3-10-23-45)54-38-31-43-19-13-14-26-50(43)58(53)54/h1-40H. The van der Waals surface area contributed by atoms with Crippen molar-refractivity contribution in [2.24, 2.45) is 0 Å². The van der Waals surface area contributed by atoms with Gasteiger partial charge < -0.3 is 9.47 Å². The summed E-state index contributed by atoms with van der Waals surface area (Å²) in [6.07, 6.45) is 0. The molecule has 0 radical (unpaired) electrons. The Labute approximate surface area is 355 Å². The maximum atomic E-state index is 2.48. The van der Waals surface area contributed by atoms with E-state index in [2.05, 4.69) is 252 Å². The molecule has 2 heteroatoms. The predicted octanol–water partition coefficient (Wildman–Crippen LogP) is 15.4. The van der Waals surface area contributed by atoms with E-state index in [1.165, 1.54) is 77.1 Å². The van der Waals surface area contributed by atoms with Gasteiger partial charge in [-0.3, -0.25) is 0 Å². The molecule has 1 heterocycles. The molecule has 0 aliphatic heterocycles. The maximum absolute atomic E-state index is 2.48. The summed E-state index contributed by atoms with van der Waals surface area (Å²) in [7, 11) is 0. The first-order chi connectivity index (χ1) is 30.3. The molecule has 1 aliphatic carbocycles. The van der Waals surface area contributed by atoms with Crippen molar-refractivity contribution < 1.29 is 0 Å². The molecule has 12 rings (SSSR count). The van der Waals surface area contributed by atoms with Crippen LogP contribution in [0.15, 0.2) is 243 Å². The summed E-state index contributed by atoms with van der Waals surface area (Å²) in [5.74, 6) is 0. The molecule has 1 aromatic heterocycles. The van der Waals surface area contributed by atoms with Gasteiger partial charge in [0.05, 0.1) is 16.4 Å². The average molecular weight is 777 g/mol. The van der Waals surface area contributed by atoms with Crippen LogP contribution in [0.1, 0.15) is 22.3 Å². The van der Waals surface area contributed by atoms with E-state index >= 15 is 0 Å². The number of para-hydroxylation sites is 2. The molecule has 61 heavy (non-hydrogen) atoms. The Balaban J connectivity index is 1.14. The predicted molar refractivity (Wildman–Crippen MR) is 256 cm³/mol. The van der Waals surface area contributed by atoms with Gasteiger partial charge in [-0.25, -0.2) is 0 Å². The first-order valence-electron chi connectivity index (χ1n) is 21.1. The molecule has 0 amide bonds. The van der Waals surface area contributed by atoms with Crippen molar-refractivity contribution in [3.63, 3.8) is 0 Å². The van der Waals surface area contributed by atoms with Gasteiger partial charge in [-0.05, 0) is 110 Å². The summed E-state index contributed by atoms with van der Waals surface area (Å²) < 4.78 is 2.41. The van der Waals surface area contributed by atoms with Crippen molar-refractivity contribution in [2.45, 2.75) is 5.41 Å². The van der Waals surface area contributed by atoms with E-state index in [0.29, 0.717) is 0 Å².